The number of carbonyl (C=O) groups is 2. The molecule has 3 aromatic carbocycles. The number of benzene rings is 3. The van der Waals surface area contributed by atoms with Crippen molar-refractivity contribution in [1.82, 2.24) is 4.98 Å². The number of Topliss-reactive ketones (excluding diaryl/α,β-unsaturated/α-hetero) is 2. The van der Waals surface area contributed by atoms with Gasteiger partial charge >= 0.3 is 0 Å². The monoisotopic (exact) mass is 541 g/mol. The number of ketones is 2. The molecule has 0 atom stereocenters. The minimum atomic E-state index is -1.12. The van der Waals surface area contributed by atoms with Gasteiger partial charge in [0, 0.05) is 36.1 Å². The molecule has 6 rings (SSSR count). The van der Waals surface area contributed by atoms with E-state index in [2.05, 4.69) is 4.98 Å². The Bertz CT molecular complexity index is 1590. The number of fused-ring (bicyclic) bond motifs is 1. The van der Waals surface area contributed by atoms with Gasteiger partial charge in [-0.25, -0.2) is 4.39 Å². The van der Waals surface area contributed by atoms with Crippen LogP contribution in [0.1, 0.15) is 29.5 Å². The fourth-order valence-electron chi connectivity index (χ4n) is 5.17. The van der Waals surface area contributed by atoms with Crippen LogP contribution in [0.2, 0.25) is 0 Å². The van der Waals surface area contributed by atoms with Gasteiger partial charge in [-0.05, 0) is 60.4 Å². The fourth-order valence-corrected chi connectivity index (χ4v) is 5.17. The van der Waals surface area contributed by atoms with Crippen LogP contribution in [0.3, 0.4) is 0 Å². The van der Waals surface area contributed by atoms with Gasteiger partial charge in [0.2, 0.25) is 0 Å². The predicted molar refractivity (Wildman–Crippen MR) is 145 cm³/mol. The summed E-state index contributed by atoms with van der Waals surface area (Å²) in [4.78, 5) is 30.5. The van der Waals surface area contributed by atoms with Gasteiger partial charge in [0.15, 0.2) is 11.6 Å². The second-order valence-electron chi connectivity index (χ2n) is 10.6. The standard InChI is InChI=1S/C32H28FNO6/c1-38-28-17-26-24(16-25(28)32(37)18-39-19-32)27(10-13-34-26)40-23-8-4-21(5-9-23)15-30(36)31(11-12-31)29(35)14-20-2-6-22(33)7-3-20/h2-10,13,16-17,37H,11-12,14-15,18-19H2,1H3. The fraction of sp³-hybridized carbons (Fsp3) is 0.281. The highest BCUT2D eigenvalue weighted by Gasteiger charge is 2.54. The first-order valence-electron chi connectivity index (χ1n) is 13.1. The van der Waals surface area contributed by atoms with Gasteiger partial charge in [0.05, 0.1) is 31.3 Å². The van der Waals surface area contributed by atoms with Crippen molar-refractivity contribution in [2.24, 2.45) is 5.41 Å². The number of nitrogens with zero attached hydrogens (tertiary/aromatic N) is 1. The maximum Gasteiger partial charge on any atom is 0.150 e. The third kappa shape index (κ3) is 4.85. The van der Waals surface area contributed by atoms with Crippen molar-refractivity contribution in [3.8, 4) is 17.2 Å². The number of halogens is 1. The van der Waals surface area contributed by atoms with E-state index in [1.54, 1.807) is 49.7 Å². The first-order valence-corrected chi connectivity index (χ1v) is 13.1. The van der Waals surface area contributed by atoms with E-state index in [1.165, 1.54) is 12.1 Å². The van der Waals surface area contributed by atoms with Crippen LogP contribution < -0.4 is 9.47 Å². The van der Waals surface area contributed by atoms with Crippen molar-refractivity contribution < 1.29 is 33.3 Å². The van der Waals surface area contributed by atoms with Crippen LogP contribution in [-0.4, -0.2) is 42.0 Å². The number of pyridine rings is 1. The molecular formula is C32H28FNO6. The molecule has 2 aliphatic rings. The molecule has 1 aliphatic heterocycles. The van der Waals surface area contributed by atoms with Gasteiger partial charge in [-0.3, -0.25) is 14.6 Å². The summed E-state index contributed by atoms with van der Waals surface area (Å²) in [6.45, 7) is 0.370. The van der Waals surface area contributed by atoms with Gasteiger partial charge in [-0.1, -0.05) is 24.3 Å². The molecule has 0 spiro atoms. The molecule has 0 unspecified atom stereocenters. The van der Waals surface area contributed by atoms with Crippen LogP contribution in [-0.2, 0) is 32.8 Å². The Kier molecular flexibility index (Phi) is 6.60. The number of rotatable bonds is 10. The van der Waals surface area contributed by atoms with Crippen LogP contribution in [0.4, 0.5) is 4.39 Å². The van der Waals surface area contributed by atoms with Crippen molar-refractivity contribution in [1.29, 1.82) is 0 Å². The number of ether oxygens (including phenoxy) is 3. The molecule has 4 aromatic rings. The third-order valence-corrected chi connectivity index (χ3v) is 7.82. The van der Waals surface area contributed by atoms with E-state index in [0.717, 1.165) is 5.56 Å². The summed E-state index contributed by atoms with van der Waals surface area (Å²) in [6, 6.07) is 18.4. The second kappa shape index (κ2) is 10.1. The minimum Gasteiger partial charge on any atom is -0.496 e. The summed E-state index contributed by atoms with van der Waals surface area (Å²) in [5, 5.41) is 11.6. The highest BCUT2D eigenvalue weighted by molar-refractivity contribution is 6.10. The Morgan fingerprint density at radius 2 is 1.55 bits per heavy atom. The van der Waals surface area contributed by atoms with Crippen molar-refractivity contribution in [3.63, 3.8) is 0 Å². The molecule has 40 heavy (non-hydrogen) atoms. The molecule has 1 saturated carbocycles. The van der Waals surface area contributed by atoms with E-state index in [0.29, 0.717) is 52.1 Å². The molecule has 1 aliphatic carbocycles. The second-order valence-corrected chi connectivity index (χ2v) is 10.6. The summed E-state index contributed by atoms with van der Waals surface area (Å²) in [5.41, 5.74) is 0.703. The first kappa shape index (κ1) is 26.1. The maximum absolute atomic E-state index is 13.2. The summed E-state index contributed by atoms with van der Waals surface area (Å²) in [5.74, 6) is 1.10. The molecule has 2 heterocycles. The summed E-state index contributed by atoms with van der Waals surface area (Å²) in [6.07, 6.45) is 3.02. The van der Waals surface area contributed by atoms with Crippen LogP contribution in [0, 0.1) is 11.2 Å². The van der Waals surface area contributed by atoms with E-state index in [-0.39, 0.29) is 43.4 Å². The van der Waals surface area contributed by atoms with Crippen LogP contribution in [0.15, 0.2) is 72.9 Å². The topological polar surface area (TPSA) is 95.0 Å². The lowest BCUT2D eigenvalue weighted by molar-refractivity contribution is -0.185. The largest absolute Gasteiger partial charge is 0.496 e. The zero-order valence-electron chi connectivity index (χ0n) is 22.0. The molecular weight excluding hydrogens is 513 g/mol. The Hall–Kier alpha value is -4.14. The molecule has 0 bridgehead atoms. The van der Waals surface area contributed by atoms with E-state index in [9.17, 15) is 19.1 Å². The molecule has 0 radical (unpaired) electrons. The molecule has 1 aromatic heterocycles. The number of carbonyl (C=O) groups excluding carboxylic acids is 2. The molecule has 1 N–H and O–H groups in total. The van der Waals surface area contributed by atoms with Crippen molar-refractivity contribution in [3.05, 3.63) is 95.4 Å². The van der Waals surface area contributed by atoms with Gasteiger partial charge in [0.25, 0.3) is 0 Å². The highest BCUT2D eigenvalue weighted by Crippen LogP contribution is 2.49. The molecule has 1 saturated heterocycles. The normalized spacial score (nSPS) is 16.7. The molecule has 204 valence electrons. The summed E-state index contributed by atoms with van der Waals surface area (Å²) in [7, 11) is 1.55. The number of hydrogen-bond acceptors (Lipinski definition) is 7. The average molecular weight is 542 g/mol. The molecule has 2 fully saturated rings. The van der Waals surface area contributed by atoms with Crippen molar-refractivity contribution >= 4 is 22.5 Å². The molecule has 0 amide bonds. The first-order chi connectivity index (χ1) is 19.3. The third-order valence-electron chi connectivity index (χ3n) is 7.82. The lowest BCUT2D eigenvalue weighted by Crippen LogP contribution is -2.46. The quantitative estimate of drug-likeness (QED) is 0.279. The maximum atomic E-state index is 13.2. The Balaban J connectivity index is 1.16. The SMILES string of the molecule is COc1cc2nccc(Oc3ccc(CC(=O)C4(C(=O)Cc5ccc(F)cc5)CC4)cc3)c2cc1C1(O)COC1. The number of hydrogen-bond donors (Lipinski definition) is 1. The van der Waals surface area contributed by atoms with E-state index >= 15 is 0 Å². The zero-order valence-corrected chi connectivity index (χ0v) is 22.0. The van der Waals surface area contributed by atoms with E-state index < -0.39 is 11.0 Å². The Morgan fingerprint density at radius 1 is 0.925 bits per heavy atom. The average Bonchev–Trinajstić information content (AvgIpc) is 3.76. The van der Waals surface area contributed by atoms with Gasteiger partial charge < -0.3 is 19.3 Å². The van der Waals surface area contributed by atoms with Gasteiger partial charge in [-0.2, -0.15) is 0 Å². The van der Waals surface area contributed by atoms with E-state index in [1.807, 2.05) is 18.2 Å². The van der Waals surface area contributed by atoms with E-state index in [4.69, 9.17) is 14.2 Å². The van der Waals surface area contributed by atoms with Crippen LogP contribution in [0.25, 0.3) is 10.9 Å². The lowest BCUT2D eigenvalue weighted by Gasteiger charge is -2.37. The number of aliphatic hydroxyl groups is 1. The smallest absolute Gasteiger partial charge is 0.150 e. The van der Waals surface area contributed by atoms with Crippen molar-refractivity contribution in [2.45, 2.75) is 31.3 Å². The summed E-state index contributed by atoms with van der Waals surface area (Å²) < 4.78 is 30.1. The van der Waals surface area contributed by atoms with Crippen LogP contribution >= 0.6 is 0 Å². The Labute approximate surface area is 230 Å². The number of aromatic nitrogens is 1. The van der Waals surface area contributed by atoms with Crippen molar-refractivity contribution in [2.75, 3.05) is 20.3 Å². The number of methoxy groups -OCH3 is 1. The highest BCUT2D eigenvalue weighted by atomic mass is 19.1. The lowest BCUT2D eigenvalue weighted by atomic mass is 9.88. The van der Waals surface area contributed by atoms with Gasteiger partial charge in [0.1, 0.15) is 28.7 Å². The molecule has 8 heteroatoms. The van der Waals surface area contributed by atoms with Gasteiger partial charge in [-0.15, -0.1) is 0 Å². The predicted octanol–water partition coefficient (Wildman–Crippen LogP) is 5.10. The zero-order chi connectivity index (χ0) is 27.9. The molecule has 7 nitrogen and oxygen atoms in total. The van der Waals surface area contributed by atoms with Crippen LogP contribution in [0.5, 0.6) is 17.2 Å². The Morgan fingerprint density at radius 3 is 2.10 bits per heavy atom. The summed E-state index contributed by atoms with van der Waals surface area (Å²) >= 11 is 0. The minimum absolute atomic E-state index is 0.0900.